The lowest BCUT2D eigenvalue weighted by Crippen LogP contribution is -2.06. The van der Waals surface area contributed by atoms with Crippen LogP contribution in [0, 0.1) is 0 Å². The summed E-state index contributed by atoms with van der Waals surface area (Å²) in [6.07, 6.45) is 2.48. The minimum Gasteiger partial charge on any atom is -0.300 e. The molecule has 0 aliphatic carbocycles. The molecule has 0 radical (unpaired) electrons. The number of ketones is 3. The molecular weight excluding hydrogens is 308 g/mol. The van der Waals surface area contributed by atoms with Gasteiger partial charge in [0.05, 0.1) is 6.42 Å². The van der Waals surface area contributed by atoms with Crippen molar-refractivity contribution in [3.63, 3.8) is 0 Å². The number of Topliss-reactive ketones (excluding diaryl/α,β-unsaturated/α-hetero) is 3. The number of rotatable bonds is 10. The minimum absolute atomic E-state index is 0.0104. The Morgan fingerprint density at radius 1 is 1.04 bits per heavy atom. The van der Waals surface area contributed by atoms with Gasteiger partial charge in [0.25, 0.3) is 0 Å². The fraction of sp³-hybridized carbons (Fsp3) is 0.412. The quantitative estimate of drug-likeness (QED) is 0.668. The highest BCUT2D eigenvalue weighted by atomic mass is 16.1. The SMILES string of the molecule is CC(=O)CCc1ccc(C(=O)CCCC(=O)Cc2nn[nH]n2)cc1. The smallest absolute Gasteiger partial charge is 0.181 e. The Bertz CT molecular complexity index is 693. The fourth-order valence-corrected chi connectivity index (χ4v) is 2.29. The van der Waals surface area contributed by atoms with Crippen LogP contribution in [-0.4, -0.2) is 38.0 Å². The van der Waals surface area contributed by atoms with Crippen molar-refractivity contribution in [3.8, 4) is 0 Å². The number of carbonyl (C=O) groups excluding carboxylic acids is 3. The van der Waals surface area contributed by atoms with Gasteiger partial charge < -0.3 is 4.79 Å². The van der Waals surface area contributed by atoms with E-state index in [0.29, 0.717) is 43.5 Å². The van der Waals surface area contributed by atoms with Gasteiger partial charge in [0.1, 0.15) is 11.6 Å². The zero-order valence-corrected chi connectivity index (χ0v) is 13.6. The molecule has 24 heavy (non-hydrogen) atoms. The second kappa shape index (κ2) is 8.81. The van der Waals surface area contributed by atoms with Crippen LogP contribution in [0.4, 0.5) is 0 Å². The molecule has 0 aliphatic heterocycles. The molecule has 0 atom stereocenters. The van der Waals surface area contributed by atoms with Crippen LogP contribution in [0.3, 0.4) is 0 Å². The highest BCUT2D eigenvalue weighted by molar-refractivity contribution is 5.96. The molecule has 1 aromatic carbocycles. The number of nitrogens with zero attached hydrogens (tertiary/aromatic N) is 3. The number of tetrazole rings is 1. The van der Waals surface area contributed by atoms with Crippen LogP contribution in [0.15, 0.2) is 24.3 Å². The van der Waals surface area contributed by atoms with Crippen molar-refractivity contribution in [2.24, 2.45) is 0 Å². The third-order valence-corrected chi connectivity index (χ3v) is 3.65. The van der Waals surface area contributed by atoms with E-state index in [0.717, 1.165) is 5.56 Å². The number of aromatic nitrogens is 4. The van der Waals surface area contributed by atoms with Crippen LogP contribution < -0.4 is 0 Å². The summed E-state index contributed by atoms with van der Waals surface area (Å²) in [5.41, 5.74) is 1.67. The van der Waals surface area contributed by atoms with Gasteiger partial charge in [0.2, 0.25) is 0 Å². The summed E-state index contributed by atoms with van der Waals surface area (Å²) in [7, 11) is 0. The standard InChI is InChI=1S/C17H20N4O3/c1-12(22)5-6-13-7-9-14(10-8-13)16(24)4-2-3-15(23)11-17-18-20-21-19-17/h7-10H,2-6,11H2,1H3,(H,18,19,20,21). The van der Waals surface area contributed by atoms with Crippen LogP contribution >= 0.6 is 0 Å². The molecular formula is C17H20N4O3. The summed E-state index contributed by atoms with van der Waals surface area (Å²) in [5, 5.41) is 13.1. The zero-order chi connectivity index (χ0) is 17.4. The van der Waals surface area contributed by atoms with Crippen molar-refractivity contribution < 1.29 is 14.4 Å². The number of hydrogen-bond donors (Lipinski definition) is 1. The summed E-state index contributed by atoms with van der Waals surface area (Å²) in [4.78, 5) is 34.8. The predicted octanol–water partition coefficient (Wildman–Crippen LogP) is 1.89. The number of nitrogens with one attached hydrogen (secondary N) is 1. The van der Waals surface area contributed by atoms with Crippen LogP contribution in [-0.2, 0) is 22.4 Å². The first-order chi connectivity index (χ1) is 11.5. The summed E-state index contributed by atoms with van der Waals surface area (Å²) in [6.45, 7) is 1.57. The maximum atomic E-state index is 12.1. The van der Waals surface area contributed by atoms with Crippen LogP contribution in [0.5, 0.6) is 0 Å². The lowest BCUT2D eigenvalue weighted by atomic mass is 10.0. The van der Waals surface area contributed by atoms with E-state index in [4.69, 9.17) is 0 Å². The molecule has 0 bridgehead atoms. The van der Waals surface area contributed by atoms with Crippen LogP contribution in [0.2, 0.25) is 0 Å². The minimum atomic E-state index is -0.0104. The molecule has 0 fully saturated rings. The van der Waals surface area contributed by atoms with E-state index in [2.05, 4.69) is 20.6 Å². The van der Waals surface area contributed by atoms with E-state index in [-0.39, 0.29) is 23.8 Å². The van der Waals surface area contributed by atoms with Gasteiger partial charge in [-0.05, 0) is 25.3 Å². The molecule has 2 rings (SSSR count). The highest BCUT2D eigenvalue weighted by Crippen LogP contribution is 2.11. The Labute approximate surface area is 139 Å². The molecule has 126 valence electrons. The lowest BCUT2D eigenvalue weighted by Gasteiger charge is -2.03. The van der Waals surface area contributed by atoms with E-state index >= 15 is 0 Å². The molecule has 0 saturated heterocycles. The number of benzene rings is 1. The van der Waals surface area contributed by atoms with E-state index < -0.39 is 0 Å². The van der Waals surface area contributed by atoms with Crippen molar-refractivity contribution in [1.29, 1.82) is 0 Å². The first kappa shape index (κ1) is 17.7. The molecule has 0 saturated carbocycles. The fourth-order valence-electron chi connectivity index (χ4n) is 2.29. The summed E-state index contributed by atoms with van der Waals surface area (Å²) in [6, 6.07) is 7.30. The van der Waals surface area contributed by atoms with E-state index in [1.54, 1.807) is 19.1 Å². The number of aryl methyl sites for hydroxylation is 1. The van der Waals surface area contributed by atoms with Gasteiger partial charge in [-0.1, -0.05) is 29.5 Å². The topological polar surface area (TPSA) is 106 Å². The van der Waals surface area contributed by atoms with E-state index in [1.807, 2.05) is 12.1 Å². The van der Waals surface area contributed by atoms with Gasteiger partial charge in [-0.2, -0.15) is 5.21 Å². The van der Waals surface area contributed by atoms with Crippen molar-refractivity contribution in [1.82, 2.24) is 20.6 Å². The van der Waals surface area contributed by atoms with E-state index in [9.17, 15) is 14.4 Å². The Morgan fingerprint density at radius 2 is 1.79 bits per heavy atom. The Hall–Kier alpha value is -2.70. The second-order valence-corrected chi connectivity index (χ2v) is 5.72. The van der Waals surface area contributed by atoms with E-state index in [1.165, 1.54) is 0 Å². The summed E-state index contributed by atoms with van der Waals surface area (Å²) >= 11 is 0. The Morgan fingerprint density at radius 3 is 2.42 bits per heavy atom. The third kappa shape index (κ3) is 5.83. The normalized spacial score (nSPS) is 10.5. The molecule has 2 aromatic rings. The van der Waals surface area contributed by atoms with Gasteiger partial charge in [-0.15, -0.1) is 10.2 Å². The average molecular weight is 328 g/mol. The molecule has 1 heterocycles. The molecule has 7 heteroatoms. The lowest BCUT2D eigenvalue weighted by molar-refractivity contribution is -0.119. The molecule has 1 N–H and O–H groups in total. The van der Waals surface area contributed by atoms with Crippen molar-refractivity contribution in [2.75, 3.05) is 0 Å². The van der Waals surface area contributed by atoms with Gasteiger partial charge in [0.15, 0.2) is 11.6 Å². The van der Waals surface area contributed by atoms with Crippen LogP contribution in [0.25, 0.3) is 0 Å². The molecule has 0 aliphatic rings. The summed E-state index contributed by atoms with van der Waals surface area (Å²) in [5.74, 6) is 0.525. The van der Waals surface area contributed by atoms with Gasteiger partial charge in [0, 0.05) is 24.8 Å². The average Bonchev–Trinajstić information content (AvgIpc) is 3.06. The largest absolute Gasteiger partial charge is 0.300 e. The molecule has 0 amide bonds. The van der Waals surface area contributed by atoms with Crippen molar-refractivity contribution in [3.05, 3.63) is 41.2 Å². The third-order valence-electron chi connectivity index (χ3n) is 3.65. The maximum Gasteiger partial charge on any atom is 0.181 e. The highest BCUT2D eigenvalue weighted by Gasteiger charge is 2.10. The van der Waals surface area contributed by atoms with Crippen molar-refractivity contribution in [2.45, 2.75) is 45.4 Å². The van der Waals surface area contributed by atoms with Gasteiger partial charge >= 0.3 is 0 Å². The Kier molecular flexibility index (Phi) is 6.48. The number of carbonyl (C=O) groups is 3. The predicted molar refractivity (Wildman–Crippen MR) is 86.5 cm³/mol. The molecule has 1 aromatic heterocycles. The first-order valence-electron chi connectivity index (χ1n) is 7.90. The second-order valence-electron chi connectivity index (χ2n) is 5.72. The monoisotopic (exact) mass is 328 g/mol. The molecule has 0 spiro atoms. The van der Waals surface area contributed by atoms with Gasteiger partial charge in [-0.3, -0.25) is 9.59 Å². The number of hydrogen-bond acceptors (Lipinski definition) is 6. The molecule has 0 unspecified atom stereocenters. The number of H-pyrrole nitrogens is 1. The molecule has 7 nitrogen and oxygen atoms in total. The van der Waals surface area contributed by atoms with Gasteiger partial charge in [-0.25, -0.2) is 0 Å². The summed E-state index contributed by atoms with van der Waals surface area (Å²) < 4.78 is 0. The van der Waals surface area contributed by atoms with Crippen LogP contribution in [0.1, 0.15) is 54.4 Å². The maximum absolute atomic E-state index is 12.1. The first-order valence-corrected chi connectivity index (χ1v) is 7.90. The Balaban J connectivity index is 1.73. The zero-order valence-electron chi connectivity index (χ0n) is 13.6. The van der Waals surface area contributed by atoms with Crippen molar-refractivity contribution >= 4 is 17.3 Å². The number of aromatic amines is 1.